The first kappa shape index (κ1) is 28.6. The zero-order valence-electron chi connectivity index (χ0n) is 27.1. The van der Waals surface area contributed by atoms with Crippen LogP contribution in [0.25, 0.3) is 102 Å². The summed E-state index contributed by atoms with van der Waals surface area (Å²) in [5.41, 5.74) is 6.59. The molecule has 4 nitrogen and oxygen atoms in total. The molecule has 238 valence electrons. The molecule has 0 saturated carbocycles. The second kappa shape index (κ2) is 11.2. The summed E-state index contributed by atoms with van der Waals surface area (Å²) in [5, 5.41) is 7.74. The Labute approximate surface area is 300 Å². The number of aromatic nitrogens is 4. The van der Waals surface area contributed by atoms with Gasteiger partial charge >= 0.3 is 0 Å². The van der Waals surface area contributed by atoms with Gasteiger partial charge in [-0.3, -0.25) is 0 Å². The Morgan fingerprint density at radius 1 is 0.373 bits per heavy atom. The topological polar surface area (TPSA) is 43.6 Å². The molecule has 0 saturated heterocycles. The normalized spacial score (nSPS) is 11.9. The first-order valence-corrected chi connectivity index (χ1v) is 18.6. The SMILES string of the molecule is c1ccc(-c2nc(-c3ccccc3)nc(-c3ccc4c(c3)sc3ccc5sc6c(-n7c8ccccc8c8ccccc87)cccc6c5c34)n2)cc1. The number of hydrogen-bond acceptors (Lipinski definition) is 5. The van der Waals surface area contributed by atoms with Crippen LogP contribution in [0.5, 0.6) is 0 Å². The fourth-order valence-corrected chi connectivity index (χ4v) is 9.94. The third-order valence-electron chi connectivity index (χ3n) is 9.85. The van der Waals surface area contributed by atoms with Crippen molar-refractivity contribution < 1.29 is 0 Å². The molecule has 4 aromatic heterocycles. The minimum absolute atomic E-state index is 0.668. The molecule has 4 heterocycles. The summed E-state index contributed by atoms with van der Waals surface area (Å²) in [4.78, 5) is 14.9. The van der Waals surface area contributed by atoms with Gasteiger partial charge in [-0.1, -0.05) is 121 Å². The molecule has 0 aliphatic carbocycles. The lowest BCUT2D eigenvalue weighted by Gasteiger charge is -2.09. The summed E-state index contributed by atoms with van der Waals surface area (Å²) in [6.07, 6.45) is 0. The van der Waals surface area contributed by atoms with Gasteiger partial charge < -0.3 is 4.57 Å². The van der Waals surface area contributed by atoms with E-state index in [4.69, 9.17) is 15.0 Å². The number of nitrogens with zero attached hydrogens (tertiary/aromatic N) is 4. The predicted molar refractivity (Wildman–Crippen MR) is 216 cm³/mol. The van der Waals surface area contributed by atoms with E-state index in [1.807, 2.05) is 83.3 Å². The van der Waals surface area contributed by atoms with Crippen molar-refractivity contribution in [3.05, 3.63) is 158 Å². The van der Waals surface area contributed by atoms with Crippen molar-refractivity contribution in [2.75, 3.05) is 0 Å². The number of fused-ring (bicyclic) bond motifs is 10. The highest BCUT2D eigenvalue weighted by molar-refractivity contribution is 7.28. The fourth-order valence-electron chi connectivity index (χ4n) is 7.57. The van der Waals surface area contributed by atoms with E-state index in [9.17, 15) is 0 Å². The van der Waals surface area contributed by atoms with Gasteiger partial charge in [0.2, 0.25) is 0 Å². The Hall–Kier alpha value is -6.21. The summed E-state index contributed by atoms with van der Waals surface area (Å²) < 4.78 is 7.54. The van der Waals surface area contributed by atoms with E-state index < -0.39 is 0 Å². The Bertz CT molecular complexity index is 3030. The fraction of sp³-hybridized carbons (Fsp3) is 0. The third-order valence-corrected chi connectivity index (χ3v) is 12.2. The Morgan fingerprint density at radius 3 is 1.55 bits per heavy atom. The van der Waals surface area contributed by atoms with E-state index in [-0.39, 0.29) is 0 Å². The molecule has 0 atom stereocenters. The van der Waals surface area contributed by atoms with E-state index in [0.717, 1.165) is 16.7 Å². The second-order valence-corrected chi connectivity index (χ2v) is 14.9. The predicted octanol–water partition coefficient (Wildman–Crippen LogP) is 12.7. The van der Waals surface area contributed by atoms with Crippen LogP contribution in [0.2, 0.25) is 0 Å². The molecule has 0 bridgehead atoms. The van der Waals surface area contributed by atoms with Crippen LogP contribution < -0.4 is 0 Å². The molecule has 0 aliphatic rings. The van der Waals surface area contributed by atoms with Crippen molar-refractivity contribution in [3.63, 3.8) is 0 Å². The minimum Gasteiger partial charge on any atom is -0.308 e. The first-order chi connectivity index (χ1) is 25.3. The average Bonchev–Trinajstić information content (AvgIpc) is 3.87. The zero-order valence-corrected chi connectivity index (χ0v) is 28.7. The summed E-state index contributed by atoms with van der Waals surface area (Å²) >= 11 is 3.72. The molecule has 0 aliphatic heterocycles. The summed E-state index contributed by atoms with van der Waals surface area (Å²) in [7, 11) is 0. The van der Waals surface area contributed by atoms with Crippen LogP contribution in [0.15, 0.2) is 158 Å². The summed E-state index contributed by atoms with van der Waals surface area (Å²) in [5.74, 6) is 2.01. The Balaban J connectivity index is 1.12. The van der Waals surface area contributed by atoms with E-state index in [0.29, 0.717) is 17.5 Å². The van der Waals surface area contributed by atoms with Gasteiger partial charge in [0, 0.05) is 63.1 Å². The molecule has 6 heteroatoms. The highest BCUT2D eigenvalue weighted by atomic mass is 32.1. The Kier molecular flexibility index (Phi) is 6.26. The molecule has 51 heavy (non-hydrogen) atoms. The van der Waals surface area contributed by atoms with Gasteiger partial charge in [-0.2, -0.15) is 0 Å². The maximum atomic E-state index is 5.00. The van der Waals surface area contributed by atoms with Gasteiger partial charge in [0.15, 0.2) is 17.5 Å². The molecular formula is C45H26N4S2. The van der Waals surface area contributed by atoms with Gasteiger partial charge in [-0.25, -0.2) is 15.0 Å². The van der Waals surface area contributed by atoms with Crippen LogP contribution in [0.3, 0.4) is 0 Å². The number of benzene rings is 7. The number of para-hydroxylation sites is 2. The molecule has 0 unspecified atom stereocenters. The van der Waals surface area contributed by atoms with Crippen LogP contribution in [-0.4, -0.2) is 19.5 Å². The molecule has 7 aromatic carbocycles. The molecule has 0 radical (unpaired) electrons. The van der Waals surface area contributed by atoms with Crippen molar-refractivity contribution in [1.29, 1.82) is 0 Å². The smallest absolute Gasteiger partial charge is 0.164 e. The van der Waals surface area contributed by atoms with Crippen molar-refractivity contribution >= 4 is 84.8 Å². The van der Waals surface area contributed by atoms with E-state index in [1.165, 1.54) is 67.8 Å². The highest BCUT2D eigenvalue weighted by Gasteiger charge is 2.20. The van der Waals surface area contributed by atoms with E-state index >= 15 is 0 Å². The monoisotopic (exact) mass is 686 g/mol. The van der Waals surface area contributed by atoms with Crippen LogP contribution in [0, 0.1) is 0 Å². The maximum Gasteiger partial charge on any atom is 0.164 e. The first-order valence-electron chi connectivity index (χ1n) is 16.9. The quantitative estimate of drug-likeness (QED) is 0.185. The molecule has 11 aromatic rings. The van der Waals surface area contributed by atoms with Crippen molar-refractivity contribution in [3.8, 4) is 39.9 Å². The molecule has 0 amide bonds. The van der Waals surface area contributed by atoms with E-state index in [2.05, 4.69) is 102 Å². The van der Waals surface area contributed by atoms with Gasteiger partial charge in [-0.15, -0.1) is 22.7 Å². The van der Waals surface area contributed by atoms with Crippen LogP contribution in [0.4, 0.5) is 0 Å². The van der Waals surface area contributed by atoms with Crippen molar-refractivity contribution in [2.24, 2.45) is 0 Å². The average molecular weight is 687 g/mol. The van der Waals surface area contributed by atoms with Gasteiger partial charge in [-0.05, 0) is 36.4 Å². The molecule has 0 N–H and O–H groups in total. The van der Waals surface area contributed by atoms with Crippen LogP contribution >= 0.6 is 22.7 Å². The highest BCUT2D eigenvalue weighted by Crippen LogP contribution is 2.47. The molecule has 0 spiro atoms. The summed E-state index contributed by atoms with van der Waals surface area (Å²) in [6, 6.07) is 55.8. The van der Waals surface area contributed by atoms with Crippen molar-refractivity contribution in [2.45, 2.75) is 0 Å². The number of hydrogen-bond donors (Lipinski definition) is 0. The van der Waals surface area contributed by atoms with Crippen LogP contribution in [0.1, 0.15) is 0 Å². The summed E-state index contributed by atoms with van der Waals surface area (Å²) in [6.45, 7) is 0. The van der Waals surface area contributed by atoms with E-state index in [1.54, 1.807) is 0 Å². The Morgan fingerprint density at radius 2 is 0.902 bits per heavy atom. The minimum atomic E-state index is 0.668. The third kappa shape index (κ3) is 4.40. The molecule has 11 rings (SSSR count). The largest absolute Gasteiger partial charge is 0.308 e. The molecular weight excluding hydrogens is 661 g/mol. The van der Waals surface area contributed by atoms with Crippen LogP contribution in [-0.2, 0) is 0 Å². The van der Waals surface area contributed by atoms with Gasteiger partial charge in [0.1, 0.15) is 0 Å². The maximum absolute atomic E-state index is 5.00. The van der Waals surface area contributed by atoms with Crippen molar-refractivity contribution in [1.82, 2.24) is 19.5 Å². The number of rotatable bonds is 4. The van der Waals surface area contributed by atoms with Gasteiger partial charge in [0.05, 0.1) is 21.4 Å². The lowest BCUT2D eigenvalue weighted by Crippen LogP contribution is -1.99. The lowest BCUT2D eigenvalue weighted by atomic mass is 10.0. The zero-order chi connectivity index (χ0) is 33.5. The second-order valence-electron chi connectivity index (χ2n) is 12.8. The van der Waals surface area contributed by atoms with Gasteiger partial charge in [0.25, 0.3) is 0 Å². The standard InChI is InChI=1S/C45H26N4S2/c1-3-12-27(13-4-1)43-46-44(28-14-5-2-6-15-28)48-45(47-43)29-22-23-32-39(26-29)50-37-24-25-38-41(40(32)37)33-18-11-21-36(42(33)51-38)49-34-19-9-7-16-30(34)31-17-8-10-20-35(31)49/h1-26H. The molecule has 0 fully saturated rings. The number of thiophene rings is 2. The lowest BCUT2D eigenvalue weighted by molar-refractivity contribution is 1.07.